The summed E-state index contributed by atoms with van der Waals surface area (Å²) in [7, 11) is 0. The summed E-state index contributed by atoms with van der Waals surface area (Å²) in [6.45, 7) is 3.72. The van der Waals surface area contributed by atoms with Gasteiger partial charge in [0, 0.05) is 4.88 Å². The summed E-state index contributed by atoms with van der Waals surface area (Å²) in [6.07, 6.45) is 4.02. The lowest BCUT2D eigenvalue weighted by molar-refractivity contribution is 0.0526. The molecule has 4 nitrogen and oxygen atoms in total. The molecular weight excluding hydrogens is 441 g/mol. The molecule has 1 aliphatic rings. The van der Waals surface area contributed by atoms with E-state index in [1.807, 2.05) is 0 Å². The number of hydrogen-bond acceptors (Lipinski definition) is 4. The van der Waals surface area contributed by atoms with Gasteiger partial charge in [0.15, 0.2) is 23.3 Å². The number of nitrogens with one attached hydrogen (secondary N) is 1. The van der Waals surface area contributed by atoms with Crippen LogP contribution in [0.3, 0.4) is 0 Å². The number of carbonyl (C=O) groups is 2. The number of carbonyl (C=O) groups excluding carboxylic acids is 2. The van der Waals surface area contributed by atoms with E-state index in [0.717, 1.165) is 35.5 Å². The number of halogens is 5. The molecule has 2 aromatic rings. The van der Waals surface area contributed by atoms with Crippen LogP contribution in [-0.4, -0.2) is 18.5 Å². The lowest BCUT2D eigenvalue weighted by atomic mass is 9.84. The second-order valence-corrected chi connectivity index (χ2v) is 8.33. The number of amides is 1. The molecule has 1 amide bonds. The third kappa shape index (κ3) is 4.30. The molecule has 31 heavy (non-hydrogen) atoms. The second kappa shape index (κ2) is 9.33. The Hall–Kier alpha value is -2.49. The van der Waals surface area contributed by atoms with Crippen molar-refractivity contribution in [1.82, 2.24) is 0 Å². The van der Waals surface area contributed by atoms with Crippen molar-refractivity contribution in [1.29, 1.82) is 0 Å². The van der Waals surface area contributed by atoms with Gasteiger partial charge in [0.05, 0.1) is 12.2 Å². The Bertz CT molecular complexity index is 1010. The SMILES string of the molecule is CCCC1CCc2c(sc(NC(=O)c3c(F)c(F)c(F)c(F)c3F)c2C(=O)OCC)C1. The first-order valence-corrected chi connectivity index (χ1v) is 10.7. The molecule has 1 aromatic carbocycles. The first-order valence-electron chi connectivity index (χ1n) is 9.85. The quantitative estimate of drug-likeness (QED) is 0.257. The van der Waals surface area contributed by atoms with E-state index in [2.05, 4.69) is 12.2 Å². The molecule has 168 valence electrons. The summed E-state index contributed by atoms with van der Waals surface area (Å²) in [6, 6.07) is 0. The molecule has 0 bridgehead atoms. The van der Waals surface area contributed by atoms with Crippen molar-refractivity contribution >= 4 is 28.2 Å². The molecule has 1 N–H and O–H groups in total. The standard InChI is InChI=1S/C21H20F5NO3S/c1-3-5-9-6-7-10-11(8-9)31-20(12(10)21(29)30-4-2)27-19(28)13-14(22)16(24)18(26)17(25)15(13)23/h9H,3-8H2,1-2H3,(H,27,28). The Morgan fingerprint density at radius 3 is 2.19 bits per heavy atom. The van der Waals surface area contributed by atoms with Gasteiger partial charge in [0.2, 0.25) is 5.82 Å². The highest BCUT2D eigenvalue weighted by molar-refractivity contribution is 7.17. The lowest BCUT2D eigenvalue weighted by Gasteiger charge is -2.21. The first-order chi connectivity index (χ1) is 14.7. The number of benzene rings is 1. The van der Waals surface area contributed by atoms with Crippen LogP contribution in [0.15, 0.2) is 0 Å². The van der Waals surface area contributed by atoms with Crippen LogP contribution in [0.5, 0.6) is 0 Å². The van der Waals surface area contributed by atoms with E-state index in [1.54, 1.807) is 6.92 Å². The van der Waals surface area contributed by atoms with Gasteiger partial charge >= 0.3 is 5.97 Å². The van der Waals surface area contributed by atoms with E-state index in [4.69, 9.17) is 4.74 Å². The van der Waals surface area contributed by atoms with Gasteiger partial charge in [-0.1, -0.05) is 19.8 Å². The molecular formula is C21H20F5NO3S. The van der Waals surface area contributed by atoms with Crippen molar-refractivity contribution in [2.75, 3.05) is 11.9 Å². The Morgan fingerprint density at radius 2 is 1.61 bits per heavy atom. The zero-order valence-electron chi connectivity index (χ0n) is 16.8. The minimum absolute atomic E-state index is 0.0328. The maximum absolute atomic E-state index is 14.0. The van der Waals surface area contributed by atoms with E-state index >= 15 is 0 Å². The molecule has 1 heterocycles. The van der Waals surface area contributed by atoms with E-state index in [9.17, 15) is 31.5 Å². The zero-order valence-corrected chi connectivity index (χ0v) is 17.7. The molecule has 0 saturated carbocycles. The first kappa shape index (κ1) is 23.2. The highest BCUT2D eigenvalue weighted by atomic mass is 32.1. The van der Waals surface area contributed by atoms with Crippen LogP contribution in [0.4, 0.5) is 27.0 Å². The minimum atomic E-state index is -2.35. The van der Waals surface area contributed by atoms with Crippen LogP contribution in [0.1, 0.15) is 64.3 Å². The van der Waals surface area contributed by atoms with Crippen LogP contribution >= 0.6 is 11.3 Å². The zero-order chi connectivity index (χ0) is 22.9. The van der Waals surface area contributed by atoms with E-state index in [0.29, 0.717) is 24.3 Å². The van der Waals surface area contributed by atoms with Gasteiger partial charge < -0.3 is 10.1 Å². The van der Waals surface area contributed by atoms with Crippen molar-refractivity contribution in [3.05, 3.63) is 50.7 Å². The van der Waals surface area contributed by atoms with Crippen molar-refractivity contribution in [2.24, 2.45) is 5.92 Å². The molecule has 0 spiro atoms. The van der Waals surface area contributed by atoms with Crippen LogP contribution in [-0.2, 0) is 17.6 Å². The highest BCUT2D eigenvalue weighted by Gasteiger charge is 2.33. The number of thiophene rings is 1. The van der Waals surface area contributed by atoms with Gasteiger partial charge in [-0.2, -0.15) is 0 Å². The molecule has 0 aliphatic heterocycles. The minimum Gasteiger partial charge on any atom is -0.462 e. The monoisotopic (exact) mass is 461 g/mol. The molecule has 10 heteroatoms. The van der Waals surface area contributed by atoms with Crippen molar-refractivity contribution in [2.45, 2.75) is 46.0 Å². The number of hydrogen-bond donors (Lipinski definition) is 1. The number of anilines is 1. The number of fused-ring (bicyclic) bond motifs is 1. The Labute approximate surface area is 179 Å². The predicted octanol–water partition coefficient (Wildman–Crippen LogP) is 5.78. The van der Waals surface area contributed by atoms with Crippen molar-refractivity contribution < 1.29 is 36.3 Å². The summed E-state index contributed by atoms with van der Waals surface area (Å²) in [5, 5.41) is 2.14. The average molecular weight is 461 g/mol. The van der Waals surface area contributed by atoms with E-state index in [-0.39, 0.29) is 17.2 Å². The number of esters is 1. The lowest BCUT2D eigenvalue weighted by Crippen LogP contribution is -2.20. The number of rotatable bonds is 6. The molecule has 1 atom stereocenters. The van der Waals surface area contributed by atoms with Crippen LogP contribution < -0.4 is 5.32 Å². The molecule has 0 saturated heterocycles. The second-order valence-electron chi connectivity index (χ2n) is 7.22. The summed E-state index contributed by atoms with van der Waals surface area (Å²) in [4.78, 5) is 25.9. The molecule has 0 fully saturated rings. The van der Waals surface area contributed by atoms with Gasteiger partial charge in [-0.25, -0.2) is 26.7 Å². The Kier molecular flexibility index (Phi) is 6.98. The molecule has 1 unspecified atom stereocenters. The Morgan fingerprint density at radius 1 is 1.00 bits per heavy atom. The summed E-state index contributed by atoms with van der Waals surface area (Å²) >= 11 is 1.05. The maximum Gasteiger partial charge on any atom is 0.341 e. The van der Waals surface area contributed by atoms with Gasteiger partial charge in [-0.3, -0.25) is 4.79 Å². The maximum atomic E-state index is 14.0. The van der Waals surface area contributed by atoms with Crippen LogP contribution in [0.25, 0.3) is 0 Å². The third-order valence-electron chi connectivity index (χ3n) is 5.21. The average Bonchev–Trinajstić information content (AvgIpc) is 3.08. The van der Waals surface area contributed by atoms with Gasteiger partial charge in [-0.15, -0.1) is 11.3 Å². The van der Waals surface area contributed by atoms with E-state index < -0.39 is 46.5 Å². The van der Waals surface area contributed by atoms with Gasteiger partial charge in [0.1, 0.15) is 10.6 Å². The topological polar surface area (TPSA) is 55.4 Å². The van der Waals surface area contributed by atoms with E-state index in [1.165, 1.54) is 0 Å². The van der Waals surface area contributed by atoms with Crippen molar-refractivity contribution in [3.63, 3.8) is 0 Å². The smallest absolute Gasteiger partial charge is 0.341 e. The fourth-order valence-corrected chi connectivity index (χ4v) is 5.13. The predicted molar refractivity (Wildman–Crippen MR) is 105 cm³/mol. The number of ether oxygens (including phenoxy) is 1. The molecule has 1 aromatic heterocycles. The Balaban J connectivity index is 2.02. The van der Waals surface area contributed by atoms with Gasteiger partial charge in [0.25, 0.3) is 5.91 Å². The molecule has 1 aliphatic carbocycles. The van der Waals surface area contributed by atoms with Crippen LogP contribution in [0, 0.1) is 35.0 Å². The fraction of sp³-hybridized carbons (Fsp3) is 0.429. The fourth-order valence-electron chi connectivity index (χ4n) is 3.79. The summed E-state index contributed by atoms with van der Waals surface area (Å²) < 4.78 is 73.4. The highest BCUT2D eigenvalue weighted by Crippen LogP contribution is 2.41. The normalized spacial score (nSPS) is 15.5. The van der Waals surface area contributed by atoms with Crippen molar-refractivity contribution in [3.8, 4) is 0 Å². The largest absolute Gasteiger partial charge is 0.462 e. The molecule has 0 radical (unpaired) electrons. The summed E-state index contributed by atoms with van der Waals surface area (Å²) in [5.41, 5.74) is -0.862. The molecule has 3 rings (SSSR count). The third-order valence-corrected chi connectivity index (χ3v) is 6.38. The summed E-state index contributed by atoms with van der Waals surface area (Å²) in [5.74, 6) is -13.1. The van der Waals surface area contributed by atoms with Crippen LogP contribution in [0.2, 0.25) is 0 Å². The van der Waals surface area contributed by atoms with Gasteiger partial charge in [-0.05, 0) is 37.7 Å².